The molecular weight excluding hydrogens is 601 g/mol. The minimum atomic E-state index is -4.13. The Bertz CT molecular complexity index is 1770. The Morgan fingerprint density at radius 2 is 1.88 bits per heavy atom. The summed E-state index contributed by atoms with van der Waals surface area (Å²) in [5, 5.41) is 13.7. The van der Waals surface area contributed by atoms with Gasteiger partial charge in [0.2, 0.25) is 15.5 Å². The molecule has 43 heavy (non-hydrogen) atoms. The SMILES string of the molecule is CCn1cc(S(=O)(=O)N2CCC3(CC2)C[C@@H](NCC(O)COc2cccc(S(C)(=O)=O)c2)CO3)c(=O)c2cccc(F)c21. The third-order valence-corrected chi connectivity index (χ3v) is 11.1. The zero-order valence-corrected chi connectivity index (χ0v) is 25.7. The van der Waals surface area contributed by atoms with Gasteiger partial charge in [-0.2, -0.15) is 4.31 Å². The summed E-state index contributed by atoms with van der Waals surface area (Å²) in [6.45, 7) is 2.98. The minimum Gasteiger partial charge on any atom is -0.491 e. The van der Waals surface area contributed by atoms with Crippen LogP contribution in [0.3, 0.4) is 0 Å². The van der Waals surface area contributed by atoms with Crippen LogP contribution in [0.15, 0.2) is 63.2 Å². The molecule has 2 N–H and O–H groups in total. The maximum absolute atomic E-state index is 14.5. The van der Waals surface area contributed by atoms with E-state index in [1.165, 1.54) is 45.4 Å². The van der Waals surface area contributed by atoms with E-state index in [1.807, 2.05) is 0 Å². The van der Waals surface area contributed by atoms with E-state index in [0.717, 1.165) is 6.26 Å². The first kappa shape index (κ1) is 31.5. The van der Waals surface area contributed by atoms with E-state index in [-0.39, 0.29) is 53.0 Å². The molecule has 5 rings (SSSR count). The quantitative estimate of drug-likeness (QED) is 0.341. The van der Waals surface area contributed by atoms with E-state index in [1.54, 1.807) is 19.1 Å². The molecule has 0 amide bonds. The number of nitrogens with one attached hydrogen (secondary N) is 1. The summed E-state index contributed by atoms with van der Waals surface area (Å²) in [6.07, 6.45) is 3.00. The lowest BCUT2D eigenvalue weighted by Gasteiger charge is -2.38. The van der Waals surface area contributed by atoms with Crippen LogP contribution in [0.25, 0.3) is 10.9 Å². The third-order valence-electron chi connectivity index (χ3n) is 8.13. The molecule has 2 atom stereocenters. The van der Waals surface area contributed by atoms with Gasteiger partial charge >= 0.3 is 0 Å². The van der Waals surface area contributed by atoms with E-state index in [2.05, 4.69) is 5.32 Å². The number of sulfone groups is 1. The van der Waals surface area contributed by atoms with Gasteiger partial charge in [-0.05, 0) is 56.5 Å². The average Bonchev–Trinajstić information content (AvgIpc) is 3.37. The number of piperidine rings is 1. The van der Waals surface area contributed by atoms with Crippen LogP contribution in [0.2, 0.25) is 0 Å². The fraction of sp³-hybridized carbons (Fsp3) is 0.483. The topological polar surface area (TPSA) is 144 Å². The largest absolute Gasteiger partial charge is 0.491 e. The van der Waals surface area contributed by atoms with Crippen LogP contribution in [-0.2, 0) is 31.1 Å². The highest BCUT2D eigenvalue weighted by molar-refractivity contribution is 7.90. The number of aliphatic hydroxyl groups is 1. The van der Waals surface area contributed by atoms with Gasteiger partial charge in [-0.25, -0.2) is 21.2 Å². The van der Waals surface area contributed by atoms with Crippen molar-refractivity contribution in [3.05, 3.63) is 64.7 Å². The van der Waals surface area contributed by atoms with Gasteiger partial charge in [-0.15, -0.1) is 0 Å². The first-order chi connectivity index (χ1) is 20.3. The van der Waals surface area contributed by atoms with Crippen molar-refractivity contribution in [2.75, 3.05) is 39.1 Å². The Hall–Kier alpha value is -2.88. The number of halogens is 1. The summed E-state index contributed by atoms with van der Waals surface area (Å²) in [6, 6.07) is 10.1. The lowest BCUT2D eigenvalue weighted by molar-refractivity contribution is -0.0312. The first-order valence-electron chi connectivity index (χ1n) is 14.1. The Kier molecular flexibility index (Phi) is 8.99. The van der Waals surface area contributed by atoms with Gasteiger partial charge in [0.15, 0.2) is 9.84 Å². The van der Waals surface area contributed by atoms with Crippen LogP contribution < -0.4 is 15.5 Å². The second-order valence-electron chi connectivity index (χ2n) is 11.2. The standard InChI is InChI=1S/C29H36FN3O8S2/c1-3-32-17-26(28(35)24-8-5-9-25(30)27(24)32)43(38,39)33-12-10-29(11-13-33)15-20(18-41-29)31-16-21(34)19-40-22-6-4-7-23(14-22)42(2,36)37/h4-9,14,17,20-21,31,34H,3,10-13,15-16,18-19H2,1-2H3/t20-,21?/m1/s1. The van der Waals surface area contributed by atoms with E-state index in [0.29, 0.717) is 38.2 Å². The summed E-state index contributed by atoms with van der Waals surface area (Å²) < 4.78 is 79.6. The molecule has 2 aliphatic heterocycles. The minimum absolute atomic E-state index is 0.0273. The van der Waals surface area contributed by atoms with E-state index < -0.39 is 42.8 Å². The fourth-order valence-electron chi connectivity index (χ4n) is 5.77. The molecule has 3 aromatic rings. The van der Waals surface area contributed by atoms with Crippen LogP contribution in [-0.4, -0.2) is 87.7 Å². The molecule has 1 aromatic heterocycles. The molecule has 3 heterocycles. The fourth-order valence-corrected chi connectivity index (χ4v) is 7.97. The van der Waals surface area contributed by atoms with Crippen molar-refractivity contribution in [3.63, 3.8) is 0 Å². The van der Waals surface area contributed by atoms with Crippen molar-refractivity contribution >= 4 is 30.8 Å². The highest BCUT2D eigenvalue weighted by Gasteiger charge is 2.45. The third kappa shape index (κ3) is 6.64. The zero-order chi connectivity index (χ0) is 31.0. The van der Waals surface area contributed by atoms with E-state index >= 15 is 0 Å². The number of nitrogens with zero attached hydrogens (tertiary/aromatic N) is 2. The second-order valence-corrected chi connectivity index (χ2v) is 15.1. The van der Waals surface area contributed by atoms with Crippen molar-refractivity contribution < 1.29 is 35.8 Å². The number of benzene rings is 2. The maximum Gasteiger partial charge on any atom is 0.248 e. The molecule has 234 valence electrons. The molecule has 0 saturated carbocycles. The molecule has 2 aromatic carbocycles. The number of pyridine rings is 1. The van der Waals surface area contributed by atoms with Gasteiger partial charge in [0, 0.05) is 44.7 Å². The number of ether oxygens (including phenoxy) is 2. The van der Waals surface area contributed by atoms with Crippen LogP contribution >= 0.6 is 0 Å². The number of hydrogen-bond donors (Lipinski definition) is 2. The Morgan fingerprint density at radius 3 is 2.58 bits per heavy atom. The molecule has 2 aliphatic rings. The summed E-state index contributed by atoms with van der Waals surface area (Å²) in [7, 11) is -7.50. The smallest absolute Gasteiger partial charge is 0.248 e. The van der Waals surface area contributed by atoms with Crippen LogP contribution in [0.4, 0.5) is 4.39 Å². The van der Waals surface area contributed by atoms with Crippen molar-refractivity contribution in [1.29, 1.82) is 0 Å². The molecule has 2 saturated heterocycles. The highest BCUT2D eigenvalue weighted by Crippen LogP contribution is 2.37. The summed E-state index contributed by atoms with van der Waals surface area (Å²) >= 11 is 0. The lowest BCUT2D eigenvalue weighted by Crippen LogP contribution is -2.47. The summed E-state index contributed by atoms with van der Waals surface area (Å²) in [5.74, 6) is -0.238. The Balaban J connectivity index is 1.16. The number of sulfonamides is 1. The summed E-state index contributed by atoms with van der Waals surface area (Å²) in [5.41, 5.74) is -1.15. The number of aromatic nitrogens is 1. The van der Waals surface area contributed by atoms with Crippen molar-refractivity contribution in [3.8, 4) is 5.75 Å². The number of fused-ring (bicyclic) bond motifs is 1. The number of aryl methyl sites for hydroxylation is 1. The Morgan fingerprint density at radius 1 is 1.16 bits per heavy atom. The van der Waals surface area contributed by atoms with Crippen molar-refractivity contribution in [2.45, 2.75) is 60.3 Å². The highest BCUT2D eigenvalue weighted by atomic mass is 32.2. The first-order valence-corrected chi connectivity index (χ1v) is 17.5. The number of rotatable bonds is 10. The van der Waals surface area contributed by atoms with Gasteiger partial charge < -0.3 is 24.5 Å². The van der Waals surface area contributed by atoms with E-state index in [9.17, 15) is 31.1 Å². The van der Waals surface area contributed by atoms with E-state index in [4.69, 9.17) is 9.47 Å². The predicted octanol–water partition coefficient (Wildman–Crippen LogP) is 1.91. The molecule has 1 unspecified atom stereocenters. The molecule has 11 nitrogen and oxygen atoms in total. The van der Waals surface area contributed by atoms with Gasteiger partial charge in [0.1, 0.15) is 29.2 Å². The van der Waals surface area contributed by atoms with Gasteiger partial charge in [-0.1, -0.05) is 12.1 Å². The molecule has 2 fully saturated rings. The van der Waals surface area contributed by atoms with Gasteiger partial charge in [0.05, 0.1) is 28.0 Å². The molecule has 0 radical (unpaired) electrons. The van der Waals surface area contributed by atoms with Crippen LogP contribution in [0.1, 0.15) is 26.2 Å². The zero-order valence-electron chi connectivity index (χ0n) is 24.0. The van der Waals surface area contributed by atoms with Crippen molar-refractivity contribution in [1.82, 2.24) is 14.2 Å². The number of aliphatic hydroxyl groups excluding tert-OH is 1. The molecule has 0 aliphatic carbocycles. The molecule has 14 heteroatoms. The number of hydrogen-bond acceptors (Lipinski definition) is 9. The van der Waals surface area contributed by atoms with Crippen LogP contribution in [0.5, 0.6) is 5.75 Å². The maximum atomic E-state index is 14.5. The average molecular weight is 638 g/mol. The molecular formula is C29H36FN3O8S2. The Labute approximate surface area is 250 Å². The lowest BCUT2D eigenvalue weighted by atomic mass is 9.88. The van der Waals surface area contributed by atoms with Gasteiger partial charge in [0.25, 0.3) is 0 Å². The number of para-hydroxylation sites is 1. The summed E-state index contributed by atoms with van der Waals surface area (Å²) in [4.78, 5) is 12.9. The normalized spacial score (nSPS) is 20.0. The predicted molar refractivity (Wildman–Crippen MR) is 158 cm³/mol. The van der Waals surface area contributed by atoms with Gasteiger partial charge in [-0.3, -0.25) is 4.79 Å². The van der Waals surface area contributed by atoms with Crippen molar-refractivity contribution in [2.24, 2.45) is 0 Å². The monoisotopic (exact) mass is 637 g/mol. The molecule has 0 bridgehead atoms. The van der Waals surface area contributed by atoms with Crippen LogP contribution in [0, 0.1) is 5.82 Å². The second kappa shape index (κ2) is 12.3. The molecule has 1 spiro atoms.